The van der Waals surface area contributed by atoms with Gasteiger partial charge in [-0.3, -0.25) is 0 Å². The van der Waals surface area contributed by atoms with E-state index in [0.29, 0.717) is 23.8 Å². The molecule has 0 aliphatic heterocycles. The summed E-state index contributed by atoms with van der Waals surface area (Å²) in [7, 11) is 0. The lowest BCUT2D eigenvalue weighted by molar-refractivity contribution is -0.137. The number of carboxylic acid groups (broad SMARTS) is 1. The molecule has 0 aliphatic carbocycles. The Balaban J connectivity index is 1.54. The molecule has 11 heteroatoms. The molecule has 168 valence electrons. The molecule has 0 amide bonds. The third-order valence-electron chi connectivity index (χ3n) is 4.66. The van der Waals surface area contributed by atoms with Crippen LogP contribution < -0.4 is 5.32 Å². The molecule has 4 rings (SSSR count). The summed E-state index contributed by atoms with van der Waals surface area (Å²) >= 11 is 0. The van der Waals surface area contributed by atoms with Gasteiger partial charge in [-0.25, -0.2) is 19.4 Å². The highest BCUT2D eigenvalue weighted by atomic mass is 19.4. The molecule has 8 nitrogen and oxygen atoms in total. The molecule has 0 atom stereocenters. The molecule has 0 saturated heterocycles. The first-order chi connectivity index (χ1) is 15.7. The molecule has 0 bridgehead atoms. The minimum absolute atomic E-state index is 0.0161. The number of rotatable bonds is 6. The fourth-order valence-electron chi connectivity index (χ4n) is 3.10. The summed E-state index contributed by atoms with van der Waals surface area (Å²) < 4.78 is 40.4. The third kappa shape index (κ3) is 5.32. The molecule has 3 heterocycles. The lowest BCUT2D eigenvalue weighted by atomic mass is 10.1. The number of benzene rings is 1. The van der Waals surface area contributed by atoms with Gasteiger partial charge in [-0.15, -0.1) is 5.10 Å². The van der Waals surface area contributed by atoms with Gasteiger partial charge in [0.15, 0.2) is 0 Å². The highest BCUT2D eigenvalue weighted by Gasteiger charge is 2.30. The number of aromatic nitrogens is 5. The number of anilines is 2. The highest BCUT2D eigenvalue weighted by molar-refractivity contribution is 5.87. The van der Waals surface area contributed by atoms with Crippen LogP contribution in [0.15, 0.2) is 60.9 Å². The van der Waals surface area contributed by atoms with Crippen molar-refractivity contribution in [3.05, 3.63) is 83.2 Å². The molecule has 2 N–H and O–H groups in total. The molecule has 0 unspecified atom stereocenters. The van der Waals surface area contributed by atoms with E-state index in [1.807, 2.05) is 6.92 Å². The Hall–Kier alpha value is -4.28. The number of nitrogens with one attached hydrogen (secondary N) is 1. The van der Waals surface area contributed by atoms with Gasteiger partial charge in [0.1, 0.15) is 17.3 Å². The number of hydrogen-bond acceptors (Lipinski definition) is 6. The molecule has 1 aromatic carbocycles. The van der Waals surface area contributed by atoms with Crippen molar-refractivity contribution in [2.75, 3.05) is 5.32 Å². The van der Waals surface area contributed by atoms with Crippen LogP contribution in [0.4, 0.5) is 24.8 Å². The Morgan fingerprint density at radius 2 is 1.82 bits per heavy atom. The van der Waals surface area contributed by atoms with E-state index in [-0.39, 0.29) is 11.4 Å². The first kappa shape index (κ1) is 21.9. The zero-order valence-corrected chi connectivity index (χ0v) is 17.2. The fraction of sp³-hybridized carbons (Fsp3) is 0.136. The summed E-state index contributed by atoms with van der Waals surface area (Å²) in [6.07, 6.45) is -1.72. The number of carbonyl (C=O) groups is 1. The molecular weight excluding hydrogens is 437 g/mol. The largest absolute Gasteiger partial charge is 0.478 e. The molecule has 0 aliphatic rings. The van der Waals surface area contributed by atoms with Gasteiger partial charge in [0.2, 0.25) is 0 Å². The second-order valence-corrected chi connectivity index (χ2v) is 7.27. The van der Waals surface area contributed by atoms with Crippen LogP contribution in [0.25, 0.3) is 11.4 Å². The summed E-state index contributed by atoms with van der Waals surface area (Å²) in [5.74, 6) is -0.669. The number of hydrogen-bond donors (Lipinski definition) is 2. The van der Waals surface area contributed by atoms with Gasteiger partial charge in [-0.05, 0) is 54.4 Å². The number of halogens is 3. The number of carboxylic acids is 1. The van der Waals surface area contributed by atoms with Crippen LogP contribution in [-0.4, -0.2) is 36.0 Å². The molecule has 0 fully saturated rings. The van der Waals surface area contributed by atoms with Crippen molar-refractivity contribution in [3.63, 3.8) is 0 Å². The van der Waals surface area contributed by atoms with E-state index in [1.54, 1.807) is 35.1 Å². The maximum absolute atomic E-state index is 13.0. The summed E-state index contributed by atoms with van der Waals surface area (Å²) in [6.45, 7) is 2.20. The Labute approximate surface area is 185 Å². The van der Waals surface area contributed by atoms with E-state index in [9.17, 15) is 18.0 Å². The van der Waals surface area contributed by atoms with Crippen molar-refractivity contribution in [1.82, 2.24) is 25.0 Å². The van der Waals surface area contributed by atoms with Gasteiger partial charge in [-0.1, -0.05) is 17.3 Å². The van der Waals surface area contributed by atoms with Crippen molar-refractivity contribution >= 4 is 17.6 Å². The minimum Gasteiger partial charge on any atom is -0.478 e. The second kappa shape index (κ2) is 8.69. The van der Waals surface area contributed by atoms with Crippen molar-refractivity contribution in [1.29, 1.82) is 0 Å². The van der Waals surface area contributed by atoms with Crippen LogP contribution >= 0.6 is 0 Å². The molecule has 3 aromatic heterocycles. The normalized spacial score (nSPS) is 11.4. The first-order valence-electron chi connectivity index (χ1n) is 9.69. The Morgan fingerprint density at radius 1 is 1.06 bits per heavy atom. The number of aromatic carboxylic acids is 1. The van der Waals surface area contributed by atoms with Crippen molar-refractivity contribution < 1.29 is 23.1 Å². The van der Waals surface area contributed by atoms with E-state index < -0.39 is 17.7 Å². The lowest BCUT2D eigenvalue weighted by Gasteiger charge is -2.10. The standard InChI is InChI=1S/C22H17F3N6O2/c1-13-8-17(27-20(9-13)28-19-10-16(6-7-26-19)22(23,24)25)18-12-31(30-29-18)11-14-2-4-15(5-3-14)21(32)33/h2-10,12H,11H2,1H3,(H,32,33)(H,26,27,28). The smallest absolute Gasteiger partial charge is 0.416 e. The van der Waals surface area contributed by atoms with Crippen LogP contribution in [-0.2, 0) is 12.7 Å². The van der Waals surface area contributed by atoms with Gasteiger partial charge in [-0.2, -0.15) is 13.2 Å². The van der Waals surface area contributed by atoms with E-state index >= 15 is 0 Å². The van der Waals surface area contributed by atoms with Crippen LogP contribution in [0.1, 0.15) is 27.0 Å². The topological polar surface area (TPSA) is 106 Å². The van der Waals surface area contributed by atoms with Crippen molar-refractivity contribution in [3.8, 4) is 11.4 Å². The molecule has 4 aromatic rings. The predicted molar refractivity (Wildman–Crippen MR) is 113 cm³/mol. The zero-order valence-electron chi connectivity index (χ0n) is 17.2. The van der Waals surface area contributed by atoms with Crippen LogP contribution in [0, 0.1) is 6.92 Å². The average Bonchev–Trinajstić information content (AvgIpc) is 3.22. The molecule has 33 heavy (non-hydrogen) atoms. The van der Waals surface area contributed by atoms with Gasteiger partial charge >= 0.3 is 12.1 Å². The second-order valence-electron chi connectivity index (χ2n) is 7.27. The van der Waals surface area contributed by atoms with E-state index in [4.69, 9.17) is 5.11 Å². The number of nitrogens with zero attached hydrogens (tertiary/aromatic N) is 5. The number of alkyl halides is 3. The Morgan fingerprint density at radius 3 is 2.52 bits per heavy atom. The van der Waals surface area contributed by atoms with Crippen molar-refractivity contribution in [2.24, 2.45) is 0 Å². The summed E-state index contributed by atoms with van der Waals surface area (Å²) in [5, 5.41) is 20.0. The molecule has 0 radical (unpaired) electrons. The Kier molecular flexibility index (Phi) is 5.78. The summed E-state index contributed by atoms with van der Waals surface area (Å²) in [5.41, 5.74) is 1.99. The number of pyridine rings is 2. The van der Waals surface area contributed by atoms with E-state index in [1.165, 1.54) is 12.1 Å². The van der Waals surface area contributed by atoms with Crippen LogP contribution in [0.2, 0.25) is 0 Å². The third-order valence-corrected chi connectivity index (χ3v) is 4.66. The number of aryl methyl sites for hydroxylation is 1. The van der Waals surface area contributed by atoms with Crippen molar-refractivity contribution in [2.45, 2.75) is 19.6 Å². The average molecular weight is 454 g/mol. The van der Waals surface area contributed by atoms with E-state index in [2.05, 4.69) is 25.6 Å². The highest BCUT2D eigenvalue weighted by Crippen LogP contribution is 2.30. The predicted octanol–water partition coefficient (Wildman–Crippen LogP) is 4.55. The van der Waals surface area contributed by atoms with Gasteiger partial charge in [0, 0.05) is 6.20 Å². The lowest BCUT2D eigenvalue weighted by Crippen LogP contribution is -2.06. The van der Waals surface area contributed by atoms with Gasteiger partial charge < -0.3 is 10.4 Å². The molecule has 0 saturated carbocycles. The molecular formula is C22H17F3N6O2. The summed E-state index contributed by atoms with van der Waals surface area (Å²) in [6, 6.07) is 11.7. The fourth-order valence-corrected chi connectivity index (χ4v) is 3.10. The maximum Gasteiger partial charge on any atom is 0.416 e. The monoisotopic (exact) mass is 454 g/mol. The maximum atomic E-state index is 13.0. The summed E-state index contributed by atoms with van der Waals surface area (Å²) in [4.78, 5) is 19.3. The van der Waals surface area contributed by atoms with Crippen LogP contribution in [0.5, 0.6) is 0 Å². The van der Waals surface area contributed by atoms with Gasteiger partial charge in [0.25, 0.3) is 0 Å². The zero-order chi connectivity index (χ0) is 23.6. The first-order valence-corrected chi connectivity index (χ1v) is 9.69. The van der Waals surface area contributed by atoms with Gasteiger partial charge in [0.05, 0.1) is 29.6 Å². The Bertz CT molecular complexity index is 1300. The van der Waals surface area contributed by atoms with Crippen LogP contribution in [0.3, 0.4) is 0 Å². The molecule has 0 spiro atoms. The minimum atomic E-state index is -4.48. The van der Waals surface area contributed by atoms with E-state index in [0.717, 1.165) is 29.5 Å². The SMILES string of the molecule is Cc1cc(Nc2cc(C(F)(F)F)ccn2)nc(-c2cn(Cc3ccc(C(=O)O)cc3)nn2)c1. The quantitative estimate of drug-likeness (QED) is 0.440.